The van der Waals surface area contributed by atoms with Crippen molar-refractivity contribution in [1.82, 2.24) is 10.2 Å². The summed E-state index contributed by atoms with van der Waals surface area (Å²) < 4.78 is 5.14. The molecule has 0 saturated carbocycles. The van der Waals surface area contributed by atoms with Crippen LogP contribution in [-0.4, -0.2) is 17.3 Å². The minimum absolute atomic E-state index is 0.532. The van der Waals surface area contributed by atoms with Crippen LogP contribution in [0.2, 0.25) is 5.02 Å². The van der Waals surface area contributed by atoms with Gasteiger partial charge in [-0.3, -0.25) is 5.10 Å². The number of rotatable bonds is 2. The Balaban J connectivity index is 2.59. The van der Waals surface area contributed by atoms with Gasteiger partial charge in [0.15, 0.2) is 0 Å². The second kappa shape index (κ2) is 4.06. The molecule has 0 spiro atoms. The summed E-state index contributed by atoms with van der Waals surface area (Å²) in [7, 11) is 1.59. The van der Waals surface area contributed by atoms with E-state index in [9.17, 15) is 0 Å². The molecule has 0 atom stereocenters. The number of aromatic nitrogens is 2. The van der Waals surface area contributed by atoms with Crippen LogP contribution < -0.4 is 10.5 Å². The molecule has 16 heavy (non-hydrogen) atoms. The smallest absolute Gasteiger partial charge is 0.137 e. The second-order valence-corrected chi connectivity index (χ2v) is 3.91. The number of aromatic amines is 1. The fourth-order valence-corrected chi connectivity index (χ4v) is 1.85. The molecule has 0 fully saturated rings. The normalized spacial score (nSPS) is 10.4. The molecule has 2 aromatic rings. The van der Waals surface area contributed by atoms with Crippen molar-refractivity contribution in [3.63, 3.8) is 0 Å². The Morgan fingerprint density at radius 1 is 1.38 bits per heavy atom. The molecule has 5 heteroatoms. The number of anilines is 1. The maximum Gasteiger partial charge on any atom is 0.137 e. The molecule has 0 unspecified atom stereocenters. The van der Waals surface area contributed by atoms with Gasteiger partial charge in [-0.15, -0.1) is 0 Å². The molecule has 0 bridgehead atoms. The first-order valence-corrected chi connectivity index (χ1v) is 5.14. The molecule has 1 aromatic carbocycles. The topological polar surface area (TPSA) is 63.9 Å². The van der Waals surface area contributed by atoms with Crippen LogP contribution in [0.15, 0.2) is 18.3 Å². The van der Waals surface area contributed by atoms with Crippen molar-refractivity contribution in [2.45, 2.75) is 6.92 Å². The van der Waals surface area contributed by atoms with Gasteiger partial charge in [-0.25, -0.2) is 0 Å². The van der Waals surface area contributed by atoms with E-state index in [-0.39, 0.29) is 0 Å². The molecule has 4 nitrogen and oxygen atoms in total. The molecule has 3 N–H and O–H groups in total. The molecule has 2 rings (SSSR count). The Morgan fingerprint density at radius 3 is 2.69 bits per heavy atom. The maximum absolute atomic E-state index is 6.07. The number of nitrogens with zero attached hydrogens (tertiary/aromatic N) is 1. The summed E-state index contributed by atoms with van der Waals surface area (Å²) >= 11 is 6.07. The van der Waals surface area contributed by atoms with Crippen molar-refractivity contribution >= 4 is 17.4 Å². The number of methoxy groups -OCH3 is 1. The molecule has 0 aliphatic carbocycles. The summed E-state index contributed by atoms with van der Waals surface area (Å²) in [5, 5.41) is 7.14. The predicted molar refractivity (Wildman–Crippen MR) is 64.7 cm³/mol. The Hall–Kier alpha value is -1.68. The monoisotopic (exact) mass is 237 g/mol. The zero-order valence-electron chi connectivity index (χ0n) is 9.04. The fraction of sp³-hybridized carbons (Fsp3) is 0.182. The Labute approximate surface area is 98.4 Å². The number of hydrogen-bond donors (Lipinski definition) is 2. The Bertz CT molecular complexity index is 522. The summed E-state index contributed by atoms with van der Waals surface area (Å²) in [5.74, 6) is 1.19. The summed E-state index contributed by atoms with van der Waals surface area (Å²) in [6.45, 7) is 1.97. The van der Waals surface area contributed by atoms with E-state index in [1.165, 1.54) is 0 Å². The zero-order chi connectivity index (χ0) is 11.7. The summed E-state index contributed by atoms with van der Waals surface area (Å²) in [6.07, 6.45) is 1.68. The summed E-state index contributed by atoms with van der Waals surface area (Å²) in [5.41, 5.74) is 8.61. The highest BCUT2D eigenvalue weighted by Gasteiger charge is 2.11. The first-order valence-electron chi connectivity index (χ1n) is 4.77. The lowest BCUT2D eigenvalue weighted by Crippen LogP contribution is -1.92. The van der Waals surface area contributed by atoms with Gasteiger partial charge < -0.3 is 10.5 Å². The lowest BCUT2D eigenvalue weighted by Gasteiger charge is -2.09. The number of nitrogens with one attached hydrogen (secondary N) is 1. The van der Waals surface area contributed by atoms with Crippen molar-refractivity contribution in [1.29, 1.82) is 0 Å². The van der Waals surface area contributed by atoms with Crippen LogP contribution >= 0.6 is 11.6 Å². The van der Waals surface area contributed by atoms with Gasteiger partial charge in [-0.1, -0.05) is 11.6 Å². The van der Waals surface area contributed by atoms with Crippen LogP contribution in [-0.2, 0) is 0 Å². The number of nitrogen functional groups attached to an aromatic ring is 1. The first-order chi connectivity index (χ1) is 7.63. The average Bonchev–Trinajstić information content (AvgIpc) is 2.67. The van der Waals surface area contributed by atoms with Gasteiger partial charge in [0.25, 0.3) is 0 Å². The third kappa shape index (κ3) is 1.72. The van der Waals surface area contributed by atoms with Gasteiger partial charge in [-0.2, -0.15) is 5.10 Å². The minimum atomic E-state index is 0.532. The number of halogens is 1. The van der Waals surface area contributed by atoms with Gasteiger partial charge in [0, 0.05) is 5.56 Å². The molecule has 0 aliphatic rings. The van der Waals surface area contributed by atoms with Crippen LogP contribution in [0.25, 0.3) is 11.1 Å². The van der Waals surface area contributed by atoms with Gasteiger partial charge in [0.1, 0.15) is 11.6 Å². The van der Waals surface area contributed by atoms with Crippen LogP contribution in [0, 0.1) is 6.92 Å². The van der Waals surface area contributed by atoms with Gasteiger partial charge >= 0.3 is 0 Å². The van der Waals surface area contributed by atoms with Crippen molar-refractivity contribution < 1.29 is 4.74 Å². The molecule has 0 amide bonds. The molecule has 1 heterocycles. The largest absolute Gasteiger partial charge is 0.495 e. The van der Waals surface area contributed by atoms with Crippen LogP contribution in [0.4, 0.5) is 5.82 Å². The number of aryl methyl sites for hydroxylation is 1. The van der Waals surface area contributed by atoms with Crippen molar-refractivity contribution in [3.05, 3.63) is 28.9 Å². The van der Waals surface area contributed by atoms with E-state index in [1.54, 1.807) is 13.3 Å². The van der Waals surface area contributed by atoms with Gasteiger partial charge in [-0.05, 0) is 30.2 Å². The van der Waals surface area contributed by atoms with Crippen molar-refractivity contribution in [3.8, 4) is 16.9 Å². The second-order valence-electron chi connectivity index (χ2n) is 3.50. The summed E-state index contributed by atoms with van der Waals surface area (Å²) in [4.78, 5) is 0. The number of nitrogens with two attached hydrogens (primary N) is 1. The highest BCUT2D eigenvalue weighted by atomic mass is 35.5. The van der Waals surface area contributed by atoms with Gasteiger partial charge in [0.2, 0.25) is 0 Å². The lowest BCUT2D eigenvalue weighted by molar-refractivity contribution is 0.415. The van der Waals surface area contributed by atoms with E-state index in [1.807, 2.05) is 19.1 Å². The quantitative estimate of drug-likeness (QED) is 0.844. The minimum Gasteiger partial charge on any atom is -0.495 e. The number of hydrogen-bond acceptors (Lipinski definition) is 3. The number of benzene rings is 1. The SMILES string of the molecule is COc1cc(C)c(-c2cn[nH]c2N)cc1Cl. The molecule has 0 saturated heterocycles. The molecular formula is C11H12ClN3O. The predicted octanol–water partition coefficient (Wildman–Crippen LogP) is 2.63. The van der Waals surface area contributed by atoms with E-state index in [0.717, 1.165) is 16.7 Å². The van der Waals surface area contributed by atoms with Crippen molar-refractivity contribution in [2.24, 2.45) is 0 Å². The van der Waals surface area contributed by atoms with E-state index in [0.29, 0.717) is 16.6 Å². The van der Waals surface area contributed by atoms with Crippen LogP contribution in [0.5, 0.6) is 5.75 Å². The summed E-state index contributed by atoms with van der Waals surface area (Å²) in [6, 6.07) is 3.71. The number of ether oxygens (including phenoxy) is 1. The fourth-order valence-electron chi connectivity index (χ4n) is 1.61. The third-order valence-electron chi connectivity index (χ3n) is 2.46. The van der Waals surface area contributed by atoms with Crippen molar-refractivity contribution in [2.75, 3.05) is 12.8 Å². The van der Waals surface area contributed by atoms with Crippen LogP contribution in [0.3, 0.4) is 0 Å². The molecule has 1 aromatic heterocycles. The molecule has 0 radical (unpaired) electrons. The maximum atomic E-state index is 6.07. The highest BCUT2D eigenvalue weighted by molar-refractivity contribution is 6.32. The molecule has 84 valence electrons. The van der Waals surface area contributed by atoms with Gasteiger partial charge in [0.05, 0.1) is 18.3 Å². The molecular weight excluding hydrogens is 226 g/mol. The Kier molecular flexibility index (Phi) is 2.75. The standard InChI is InChI=1S/C11H12ClN3O/c1-6-3-10(16-2)9(12)4-7(6)8-5-14-15-11(8)13/h3-5H,1-2H3,(H3,13,14,15). The van der Waals surface area contributed by atoms with E-state index in [4.69, 9.17) is 22.1 Å². The van der Waals surface area contributed by atoms with E-state index in [2.05, 4.69) is 10.2 Å². The van der Waals surface area contributed by atoms with E-state index < -0.39 is 0 Å². The lowest BCUT2D eigenvalue weighted by atomic mass is 10.0. The number of H-pyrrole nitrogens is 1. The average molecular weight is 238 g/mol. The Morgan fingerprint density at radius 2 is 2.12 bits per heavy atom. The zero-order valence-corrected chi connectivity index (χ0v) is 9.80. The van der Waals surface area contributed by atoms with Crippen LogP contribution in [0.1, 0.15) is 5.56 Å². The molecule has 0 aliphatic heterocycles. The van der Waals surface area contributed by atoms with E-state index >= 15 is 0 Å². The first kappa shape index (κ1) is 10.8. The highest BCUT2D eigenvalue weighted by Crippen LogP contribution is 2.34. The third-order valence-corrected chi connectivity index (χ3v) is 2.75.